The minimum Gasteiger partial charge on any atom is -0.374 e. The van der Waals surface area contributed by atoms with Gasteiger partial charge in [-0.1, -0.05) is 26.7 Å². The number of carbonyl (C=O) groups excluding carboxylic acids is 1. The molecule has 2 heteroatoms. The Morgan fingerprint density at radius 2 is 1.62 bits per heavy atom. The Kier molecular flexibility index (Phi) is 4.31. The molecule has 7 atom stereocenters. The number of ketones is 1. The maximum atomic E-state index is 12.0. The van der Waals surface area contributed by atoms with Crippen LogP contribution in [0.4, 0.5) is 0 Å². The first-order valence-corrected chi connectivity index (χ1v) is 11.7. The van der Waals surface area contributed by atoms with Gasteiger partial charge in [0.05, 0.1) is 12.2 Å². The van der Waals surface area contributed by atoms with Crippen LogP contribution >= 0.6 is 0 Å². The molecule has 0 bridgehead atoms. The quantitative estimate of drug-likeness (QED) is 0.612. The zero-order chi connectivity index (χ0) is 17.9. The molecule has 0 amide bonds. The lowest BCUT2D eigenvalue weighted by Crippen LogP contribution is -2.54. The molecule has 5 fully saturated rings. The molecular formula is C24H38O2. The number of ether oxygens (including phenoxy) is 1. The minimum absolute atomic E-state index is 0.428. The molecule has 5 aliphatic rings. The van der Waals surface area contributed by atoms with Crippen molar-refractivity contribution in [2.75, 3.05) is 0 Å². The van der Waals surface area contributed by atoms with Crippen LogP contribution in [-0.4, -0.2) is 18.0 Å². The van der Waals surface area contributed by atoms with Crippen LogP contribution in [-0.2, 0) is 9.53 Å². The number of rotatable bonds is 2. The lowest BCUT2D eigenvalue weighted by Gasteiger charge is -2.60. The lowest BCUT2D eigenvalue weighted by molar-refractivity contribution is -0.149. The molecule has 0 aromatic rings. The summed E-state index contributed by atoms with van der Waals surface area (Å²) in [6, 6.07) is 0. The van der Waals surface area contributed by atoms with Crippen LogP contribution in [0.3, 0.4) is 0 Å². The molecule has 26 heavy (non-hydrogen) atoms. The van der Waals surface area contributed by atoms with Crippen molar-refractivity contribution < 1.29 is 9.53 Å². The predicted octanol–water partition coefficient (Wildman–Crippen LogP) is 5.93. The maximum absolute atomic E-state index is 12.0. The van der Waals surface area contributed by atoms with Gasteiger partial charge in [-0.25, -0.2) is 0 Å². The fraction of sp³-hybridized carbons (Fsp3) is 0.958. The maximum Gasteiger partial charge on any atom is 0.133 e. The monoisotopic (exact) mass is 358 g/mol. The summed E-state index contributed by atoms with van der Waals surface area (Å²) in [7, 11) is 0. The van der Waals surface area contributed by atoms with E-state index in [4.69, 9.17) is 4.74 Å². The summed E-state index contributed by atoms with van der Waals surface area (Å²) >= 11 is 0. The molecule has 0 radical (unpaired) electrons. The van der Waals surface area contributed by atoms with Gasteiger partial charge in [-0.15, -0.1) is 0 Å². The zero-order valence-corrected chi connectivity index (χ0v) is 17.0. The smallest absolute Gasteiger partial charge is 0.133 e. The molecule has 146 valence electrons. The first-order valence-electron chi connectivity index (χ1n) is 11.7. The van der Waals surface area contributed by atoms with Gasteiger partial charge in [-0.2, -0.15) is 0 Å². The van der Waals surface area contributed by atoms with Crippen LogP contribution in [0.25, 0.3) is 0 Å². The molecular weight excluding hydrogens is 320 g/mol. The number of Topliss-reactive ketones (excluding diaryl/α,β-unsaturated/α-hetero) is 1. The van der Waals surface area contributed by atoms with E-state index in [-0.39, 0.29) is 0 Å². The van der Waals surface area contributed by atoms with Gasteiger partial charge in [0.1, 0.15) is 5.78 Å². The second kappa shape index (κ2) is 6.33. The van der Waals surface area contributed by atoms with Gasteiger partial charge in [0.2, 0.25) is 0 Å². The third-order valence-electron chi connectivity index (χ3n) is 10.1. The summed E-state index contributed by atoms with van der Waals surface area (Å²) in [6.07, 6.45) is 17.5. The van der Waals surface area contributed by atoms with Crippen LogP contribution in [0.15, 0.2) is 0 Å². The molecule has 0 spiro atoms. The van der Waals surface area contributed by atoms with Crippen LogP contribution in [0.5, 0.6) is 0 Å². The number of fused-ring (bicyclic) bond motifs is 5. The molecule has 0 saturated heterocycles. The summed E-state index contributed by atoms with van der Waals surface area (Å²) in [6.45, 7) is 5.14. The highest BCUT2D eigenvalue weighted by Gasteiger charge is 2.60. The second-order valence-corrected chi connectivity index (χ2v) is 11.1. The van der Waals surface area contributed by atoms with E-state index in [0.717, 1.165) is 30.6 Å². The minimum atomic E-state index is 0.428. The van der Waals surface area contributed by atoms with Crippen molar-refractivity contribution in [3.63, 3.8) is 0 Å². The Bertz CT molecular complexity index is 565. The molecule has 0 aliphatic heterocycles. The van der Waals surface area contributed by atoms with Crippen LogP contribution < -0.4 is 0 Å². The number of hydrogen-bond acceptors (Lipinski definition) is 2. The van der Waals surface area contributed by atoms with Gasteiger partial charge in [-0.3, -0.25) is 4.79 Å². The number of hydrogen-bond donors (Lipinski definition) is 0. The first kappa shape index (κ1) is 17.7. The van der Waals surface area contributed by atoms with E-state index in [9.17, 15) is 4.79 Å². The van der Waals surface area contributed by atoms with Gasteiger partial charge in [0.25, 0.3) is 0 Å². The third kappa shape index (κ3) is 2.57. The molecule has 0 heterocycles. The van der Waals surface area contributed by atoms with Crippen LogP contribution in [0.1, 0.15) is 97.3 Å². The van der Waals surface area contributed by atoms with E-state index >= 15 is 0 Å². The van der Waals surface area contributed by atoms with E-state index in [1.165, 1.54) is 70.6 Å². The van der Waals surface area contributed by atoms with Crippen molar-refractivity contribution in [3.05, 3.63) is 0 Å². The Labute approximate surface area is 159 Å². The van der Waals surface area contributed by atoms with E-state index in [1.54, 1.807) is 0 Å². The van der Waals surface area contributed by atoms with E-state index in [2.05, 4.69) is 13.8 Å². The molecule has 0 N–H and O–H groups in total. The molecule has 2 nitrogen and oxygen atoms in total. The van der Waals surface area contributed by atoms with Crippen molar-refractivity contribution in [1.29, 1.82) is 0 Å². The highest BCUT2D eigenvalue weighted by Crippen LogP contribution is 2.66. The summed E-state index contributed by atoms with van der Waals surface area (Å²) in [5.74, 6) is 3.87. The molecule has 0 aromatic carbocycles. The summed E-state index contributed by atoms with van der Waals surface area (Å²) in [5, 5.41) is 0. The molecule has 5 rings (SSSR count). The van der Waals surface area contributed by atoms with Gasteiger partial charge < -0.3 is 4.74 Å². The summed E-state index contributed by atoms with van der Waals surface area (Å²) < 4.78 is 6.73. The fourth-order valence-electron chi connectivity index (χ4n) is 8.48. The number of carbonyl (C=O) groups is 1. The normalized spacial score (nSPS) is 51.8. The molecule has 0 unspecified atom stereocenters. The second-order valence-electron chi connectivity index (χ2n) is 11.1. The predicted molar refractivity (Wildman–Crippen MR) is 104 cm³/mol. The average Bonchev–Trinajstić information content (AvgIpc) is 3.24. The van der Waals surface area contributed by atoms with E-state index in [0.29, 0.717) is 34.7 Å². The Morgan fingerprint density at radius 3 is 2.42 bits per heavy atom. The van der Waals surface area contributed by atoms with Crippen molar-refractivity contribution in [3.8, 4) is 0 Å². The third-order valence-corrected chi connectivity index (χ3v) is 10.1. The Hall–Kier alpha value is -0.370. The van der Waals surface area contributed by atoms with Crippen LogP contribution in [0, 0.1) is 34.5 Å². The molecule has 5 aliphatic carbocycles. The largest absolute Gasteiger partial charge is 0.374 e. The summed E-state index contributed by atoms with van der Waals surface area (Å²) in [5.41, 5.74) is 0.875. The molecule has 5 saturated carbocycles. The fourth-order valence-corrected chi connectivity index (χ4v) is 8.48. The Morgan fingerprint density at radius 1 is 0.846 bits per heavy atom. The van der Waals surface area contributed by atoms with Gasteiger partial charge in [-0.05, 0) is 92.3 Å². The topological polar surface area (TPSA) is 26.3 Å². The van der Waals surface area contributed by atoms with Crippen molar-refractivity contribution in [1.82, 2.24) is 0 Å². The standard InChI is InChI=1S/C24H38O2/c1-23-13-11-17(25)15-16(23)7-8-19-20-9-10-22(26-18-5-3-4-6-18)24(20,2)14-12-21(19)23/h16,18-22H,3-15H2,1-2H3/t16-,19-,20-,21-,22-,23-,24-/m0/s1. The first-order chi connectivity index (χ1) is 12.5. The highest BCUT2D eigenvalue weighted by atomic mass is 16.5. The van der Waals surface area contributed by atoms with Crippen molar-refractivity contribution in [2.45, 2.75) is 110 Å². The van der Waals surface area contributed by atoms with Gasteiger partial charge in [0, 0.05) is 12.8 Å². The highest BCUT2D eigenvalue weighted by molar-refractivity contribution is 5.79. The SMILES string of the molecule is C[C@]12CCC(=O)C[C@@H]1CC[C@@H]1[C@@H]2CC[C@]2(C)[C@@H](OC3CCCC3)CC[C@@H]12. The molecule has 0 aromatic heterocycles. The van der Waals surface area contributed by atoms with Gasteiger partial charge >= 0.3 is 0 Å². The van der Waals surface area contributed by atoms with Crippen molar-refractivity contribution in [2.24, 2.45) is 34.5 Å². The van der Waals surface area contributed by atoms with E-state index in [1.807, 2.05) is 0 Å². The summed E-state index contributed by atoms with van der Waals surface area (Å²) in [4.78, 5) is 12.0. The van der Waals surface area contributed by atoms with Crippen LogP contribution in [0.2, 0.25) is 0 Å². The van der Waals surface area contributed by atoms with E-state index < -0.39 is 0 Å². The zero-order valence-electron chi connectivity index (χ0n) is 17.0. The van der Waals surface area contributed by atoms with Gasteiger partial charge in [0.15, 0.2) is 0 Å². The Balaban J connectivity index is 1.35. The van der Waals surface area contributed by atoms with Crippen molar-refractivity contribution >= 4 is 5.78 Å². The lowest BCUT2D eigenvalue weighted by atomic mass is 9.45. The average molecular weight is 359 g/mol.